The second-order valence-electron chi connectivity index (χ2n) is 9.19. The van der Waals surface area contributed by atoms with Gasteiger partial charge in [0.2, 0.25) is 5.91 Å². The van der Waals surface area contributed by atoms with Crippen LogP contribution in [0.3, 0.4) is 0 Å². The average Bonchev–Trinajstić information content (AvgIpc) is 2.78. The molecule has 2 N–H and O–H groups in total. The number of carbonyl (C=O) groups excluding carboxylic acids is 1. The number of carboxylic acids is 1. The van der Waals surface area contributed by atoms with E-state index in [0.717, 1.165) is 17.0 Å². The molecule has 0 aromatic carbocycles. The highest BCUT2D eigenvalue weighted by Gasteiger charge is 2.67. The van der Waals surface area contributed by atoms with Gasteiger partial charge in [-0.3, -0.25) is 4.79 Å². The van der Waals surface area contributed by atoms with Crippen LogP contribution in [0, 0.1) is 0 Å². The summed E-state index contributed by atoms with van der Waals surface area (Å²) in [6, 6.07) is 0.488. The molecular formula is C20H34N2O5S. The number of hydrogen-bond acceptors (Lipinski definition) is 5. The third kappa shape index (κ3) is 3.95. The van der Waals surface area contributed by atoms with E-state index in [4.69, 9.17) is 5.11 Å². The van der Waals surface area contributed by atoms with E-state index < -0.39 is 37.9 Å². The minimum Gasteiger partial charge on any atom is -0.480 e. The van der Waals surface area contributed by atoms with Crippen LogP contribution in [0.4, 0.5) is 0 Å². The number of β-lactam (4-membered cyclic amide) rings is 1. The highest BCUT2D eigenvalue weighted by molar-refractivity contribution is 7.93. The van der Waals surface area contributed by atoms with Crippen molar-refractivity contribution < 1.29 is 23.1 Å². The fourth-order valence-corrected chi connectivity index (χ4v) is 7.23. The normalized spacial score (nSPS) is 32.1. The van der Waals surface area contributed by atoms with E-state index >= 15 is 0 Å². The summed E-state index contributed by atoms with van der Waals surface area (Å²) in [5, 5.41) is 11.9. The van der Waals surface area contributed by atoms with Crippen molar-refractivity contribution in [2.45, 2.75) is 113 Å². The number of amides is 1. The Morgan fingerprint density at radius 1 is 1.00 bits per heavy atom. The lowest BCUT2D eigenvalue weighted by atomic mass is 9.91. The molecule has 2 aliphatic heterocycles. The Kier molecular flexibility index (Phi) is 6.39. The van der Waals surface area contributed by atoms with Gasteiger partial charge in [0.25, 0.3) is 0 Å². The number of nitrogens with zero attached hydrogens (tertiary/aromatic N) is 1. The zero-order valence-corrected chi connectivity index (χ0v) is 17.8. The Morgan fingerprint density at radius 3 is 1.82 bits per heavy atom. The molecular weight excluding hydrogens is 380 g/mol. The van der Waals surface area contributed by atoms with Crippen molar-refractivity contribution in [1.82, 2.24) is 10.2 Å². The number of hydrogen-bond donors (Lipinski definition) is 2. The first-order valence-corrected chi connectivity index (χ1v) is 12.2. The third-order valence-corrected chi connectivity index (χ3v) is 9.69. The van der Waals surface area contributed by atoms with Crippen molar-refractivity contribution in [3.8, 4) is 0 Å². The van der Waals surface area contributed by atoms with Crippen LogP contribution in [0.1, 0.15) is 84.5 Å². The number of carboxylic acid groups (broad SMARTS) is 1. The summed E-state index contributed by atoms with van der Waals surface area (Å²) >= 11 is 0. The molecule has 7 nitrogen and oxygen atoms in total. The van der Waals surface area contributed by atoms with Crippen molar-refractivity contribution in [2.75, 3.05) is 0 Å². The Morgan fingerprint density at radius 2 is 1.46 bits per heavy atom. The first-order chi connectivity index (χ1) is 13.2. The summed E-state index contributed by atoms with van der Waals surface area (Å²) in [6.45, 7) is 2.71. The van der Waals surface area contributed by atoms with Gasteiger partial charge in [-0.05, 0) is 39.5 Å². The zero-order chi connectivity index (χ0) is 20.5. The quantitative estimate of drug-likeness (QED) is 0.688. The van der Waals surface area contributed by atoms with Gasteiger partial charge in [0.05, 0.1) is 11.2 Å². The molecule has 4 fully saturated rings. The van der Waals surface area contributed by atoms with E-state index in [0.29, 0.717) is 0 Å². The van der Waals surface area contributed by atoms with Crippen LogP contribution >= 0.6 is 0 Å². The van der Waals surface area contributed by atoms with Crippen molar-refractivity contribution >= 4 is 21.7 Å². The lowest BCUT2D eigenvalue weighted by Gasteiger charge is -2.35. The fraction of sp³-hybridized carbons (Fsp3) is 0.900. The molecule has 2 atom stereocenters. The Bertz CT molecular complexity index is 677. The van der Waals surface area contributed by atoms with Crippen LogP contribution in [0.5, 0.6) is 0 Å². The molecule has 0 aromatic heterocycles. The molecule has 2 saturated carbocycles. The predicted molar refractivity (Wildman–Crippen MR) is 107 cm³/mol. The van der Waals surface area contributed by atoms with Gasteiger partial charge in [0.15, 0.2) is 9.84 Å². The number of nitrogens with one attached hydrogen (secondary N) is 1. The number of aliphatic carboxylic acids is 1. The lowest BCUT2D eigenvalue weighted by Crippen LogP contribution is -2.57. The van der Waals surface area contributed by atoms with Gasteiger partial charge >= 0.3 is 5.97 Å². The van der Waals surface area contributed by atoms with Crippen molar-refractivity contribution in [3.63, 3.8) is 0 Å². The second-order valence-corrected chi connectivity index (χ2v) is 11.9. The molecule has 0 radical (unpaired) electrons. The molecule has 0 bridgehead atoms. The Balaban J connectivity index is 0.000000162. The van der Waals surface area contributed by atoms with Gasteiger partial charge in [0, 0.05) is 12.1 Å². The van der Waals surface area contributed by atoms with Crippen LogP contribution in [0.25, 0.3) is 0 Å². The lowest BCUT2D eigenvalue weighted by molar-refractivity contribution is -0.157. The number of rotatable bonds is 3. The van der Waals surface area contributed by atoms with E-state index in [1.807, 2.05) is 0 Å². The van der Waals surface area contributed by atoms with Crippen molar-refractivity contribution in [1.29, 1.82) is 0 Å². The maximum Gasteiger partial charge on any atom is 0.328 e. The molecule has 8 heteroatoms. The first-order valence-electron chi connectivity index (χ1n) is 10.7. The summed E-state index contributed by atoms with van der Waals surface area (Å²) in [6.07, 6.45) is 14.5. The molecule has 2 aliphatic carbocycles. The minimum atomic E-state index is -3.57. The van der Waals surface area contributed by atoms with Crippen LogP contribution in [0.15, 0.2) is 0 Å². The third-order valence-electron chi connectivity index (χ3n) is 6.89. The van der Waals surface area contributed by atoms with Gasteiger partial charge in [-0.2, -0.15) is 0 Å². The van der Waals surface area contributed by atoms with Crippen molar-refractivity contribution in [2.24, 2.45) is 0 Å². The van der Waals surface area contributed by atoms with E-state index in [9.17, 15) is 18.0 Å². The minimum absolute atomic E-state index is 0.0878. The smallest absolute Gasteiger partial charge is 0.328 e. The zero-order valence-electron chi connectivity index (χ0n) is 17.0. The largest absolute Gasteiger partial charge is 0.480 e. The molecule has 2 saturated heterocycles. The maximum atomic E-state index is 11.9. The van der Waals surface area contributed by atoms with E-state index in [-0.39, 0.29) is 6.42 Å². The molecule has 160 valence electrons. The van der Waals surface area contributed by atoms with Crippen LogP contribution < -0.4 is 5.32 Å². The van der Waals surface area contributed by atoms with Crippen LogP contribution in [-0.4, -0.2) is 58.5 Å². The fourth-order valence-electron chi connectivity index (χ4n) is 5.10. The van der Waals surface area contributed by atoms with Gasteiger partial charge in [-0.15, -0.1) is 0 Å². The molecule has 0 aromatic rings. The number of sulfone groups is 1. The average molecular weight is 415 g/mol. The van der Waals surface area contributed by atoms with E-state index in [1.165, 1.54) is 78.1 Å². The van der Waals surface area contributed by atoms with Crippen LogP contribution in [-0.2, 0) is 19.4 Å². The molecule has 2 heterocycles. The second kappa shape index (κ2) is 8.30. The standard InChI is InChI=1S/C12H23N.C8H11NO5S/c1-3-7-11(8-4-1)13-12-9-5-2-6-10-12;1-8(2)6(7(11)12)9-4(10)3-5(9)15(8,13)14/h11-13H,1-10H2;5-6H,3H2,1-2H3,(H,11,12)/t;5-,6+/m.1/s1. The summed E-state index contributed by atoms with van der Waals surface area (Å²) in [5.41, 5.74) is 0. The Hall–Kier alpha value is -1.15. The molecule has 4 aliphatic rings. The topological polar surface area (TPSA) is 104 Å². The summed E-state index contributed by atoms with van der Waals surface area (Å²) in [5.74, 6) is -1.67. The van der Waals surface area contributed by atoms with Gasteiger partial charge in [0.1, 0.15) is 11.4 Å². The summed E-state index contributed by atoms with van der Waals surface area (Å²) < 4.78 is 22.4. The van der Waals surface area contributed by atoms with E-state index in [2.05, 4.69) is 5.32 Å². The summed E-state index contributed by atoms with van der Waals surface area (Å²) in [4.78, 5) is 23.2. The van der Waals surface area contributed by atoms with Gasteiger partial charge in [-0.25, -0.2) is 13.2 Å². The molecule has 4 rings (SSSR count). The van der Waals surface area contributed by atoms with Gasteiger partial charge < -0.3 is 15.3 Å². The number of carbonyl (C=O) groups is 2. The molecule has 1 amide bonds. The summed E-state index contributed by atoms with van der Waals surface area (Å²) in [7, 11) is -3.57. The monoisotopic (exact) mass is 414 g/mol. The number of fused-ring (bicyclic) bond motifs is 1. The molecule has 0 unspecified atom stereocenters. The van der Waals surface area contributed by atoms with Gasteiger partial charge in [-0.1, -0.05) is 38.5 Å². The maximum absolute atomic E-state index is 11.9. The highest BCUT2D eigenvalue weighted by Crippen LogP contribution is 2.45. The van der Waals surface area contributed by atoms with Crippen molar-refractivity contribution in [3.05, 3.63) is 0 Å². The van der Waals surface area contributed by atoms with E-state index in [1.54, 1.807) is 0 Å². The highest BCUT2D eigenvalue weighted by atomic mass is 32.2. The molecule has 0 spiro atoms. The SMILES string of the molecule is C1CCC(NC2CCCCC2)CC1.CC1(C)[C@H](C(=O)O)N2C(=O)C[C@H]2S1(=O)=O. The first kappa shape index (κ1) is 21.6. The molecule has 28 heavy (non-hydrogen) atoms. The predicted octanol–water partition coefficient (Wildman–Crippen LogP) is 2.45. The Labute approximate surface area is 168 Å². The van der Waals surface area contributed by atoms with Crippen LogP contribution in [0.2, 0.25) is 0 Å².